The first kappa shape index (κ1) is 14.3. The van der Waals surface area contributed by atoms with Crippen molar-refractivity contribution in [2.75, 3.05) is 52.6 Å². The van der Waals surface area contributed by atoms with Crippen LogP contribution in [0.1, 0.15) is 11.7 Å². The summed E-state index contributed by atoms with van der Waals surface area (Å²) >= 11 is 6.44. The van der Waals surface area contributed by atoms with Crippen LogP contribution in [0.2, 0.25) is 5.02 Å². The first-order chi connectivity index (χ1) is 9.86. The summed E-state index contributed by atoms with van der Waals surface area (Å²) in [6.07, 6.45) is 0.233. The summed E-state index contributed by atoms with van der Waals surface area (Å²) < 4.78 is 11.0. The lowest BCUT2D eigenvalue weighted by molar-refractivity contribution is -0.0675. The Bertz CT molecular complexity index is 414. The minimum atomic E-state index is 0.233. The second-order valence-electron chi connectivity index (χ2n) is 5.19. The van der Waals surface area contributed by atoms with Crippen molar-refractivity contribution in [3.05, 3.63) is 34.9 Å². The topological polar surface area (TPSA) is 24.9 Å². The Morgan fingerprint density at radius 1 is 0.850 bits per heavy atom. The maximum Gasteiger partial charge on any atom is 0.0903 e. The van der Waals surface area contributed by atoms with Crippen molar-refractivity contribution in [1.82, 2.24) is 9.80 Å². The molecule has 0 aromatic heterocycles. The number of rotatable bonds is 3. The highest BCUT2D eigenvalue weighted by Gasteiger charge is 2.30. The zero-order valence-corrected chi connectivity index (χ0v) is 12.4. The van der Waals surface area contributed by atoms with E-state index in [0.29, 0.717) is 0 Å². The van der Waals surface area contributed by atoms with E-state index in [1.54, 1.807) is 0 Å². The van der Waals surface area contributed by atoms with E-state index in [1.165, 1.54) is 5.56 Å². The zero-order chi connectivity index (χ0) is 13.8. The van der Waals surface area contributed by atoms with Crippen LogP contribution in [0.4, 0.5) is 0 Å². The molecule has 0 unspecified atom stereocenters. The van der Waals surface area contributed by atoms with Crippen molar-refractivity contribution in [3.63, 3.8) is 0 Å². The smallest absolute Gasteiger partial charge is 0.0903 e. The minimum absolute atomic E-state index is 0.233. The van der Waals surface area contributed by atoms with Gasteiger partial charge in [0.25, 0.3) is 0 Å². The maximum atomic E-state index is 6.44. The van der Waals surface area contributed by atoms with Gasteiger partial charge in [0.15, 0.2) is 0 Å². The Labute approximate surface area is 125 Å². The molecule has 2 saturated heterocycles. The lowest BCUT2D eigenvalue weighted by atomic mass is 10.1. The number of hydrogen-bond acceptors (Lipinski definition) is 4. The predicted octanol–water partition coefficient (Wildman–Crippen LogP) is 2.00. The molecule has 0 bridgehead atoms. The number of nitrogens with zero attached hydrogens (tertiary/aromatic N) is 2. The normalized spacial score (nSPS) is 22.3. The molecule has 3 rings (SSSR count). The maximum absolute atomic E-state index is 6.44. The predicted molar refractivity (Wildman–Crippen MR) is 79.0 cm³/mol. The summed E-state index contributed by atoms with van der Waals surface area (Å²) in [6.45, 7) is 6.99. The third kappa shape index (κ3) is 3.15. The van der Waals surface area contributed by atoms with Crippen LogP contribution in [0, 0.1) is 0 Å². The van der Waals surface area contributed by atoms with Gasteiger partial charge in [-0.1, -0.05) is 29.8 Å². The second kappa shape index (κ2) is 6.87. The van der Waals surface area contributed by atoms with Crippen LogP contribution in [0.3, 0.4) is 0 Å². The minimum Gasteiger partial charge on any atom is -0.379 e. The van der Waals surface area contributed by atoms with Gasteiger partial charge >= 0.3 is 0 Å². The average Bonchev–Trinajstić information content (AvgIpc) is 2.52. The van der Waals surface area contributed by atoms with Gasteiger partial charge in [-0.15, -0.1) is 0 Å². The molecule has 2 aliphatic rings. The Kier molecular flexibility index (Phi) is 4.91. The molecule has 0 amide bonds. The third-order valence-electron chi connectivity index (χ3n) is 3.97. The van der Waals surface area contributed by atoms with Gasteiger partial charge in [-0.2, -0.15) is 0 Å². The fourth-order valence-corrected chi connectivity index (χ4v) is 3.19. The monoisotopic (exact) mass is 296 g/mol. The van der Waals surface area contributed by atoms with Gasteiger partial charge in [-0.05, 0) is 6.07 Å². The molecule has 0 N–H and O–H groups in total. The van der Waals surface area contributed by atoms with Crippen molar-refractivity contribution >= 4 is 11.6 Å². The van der Waals surface area contributed by atoms with E-state index in [0.717, 1.165) is 57.6 Å². The summed E-state index contributed by atoms with van der Waals surface area (Å²) in [6, 6.07) is 8.17. The van der Waals surface area contributed by atoms with Gasteiger partial charge in [0, 0.05) is 36.8 Å². The Balaban J connectivity index is 1.87. The summed E-state index contributed by atoms with van der Waals surface area (Å²) in [5.41, 5.74) is 1.19. The van der Waals surface area contributed by atoms with Gasteiger partial charge in [0.2, 0.25) is 0 Å². The molecule has 0 saturated carbocycles. The summed E-state index contributed by atoms with van der Waals surface area (Å²) in [7, 11) is 0. The SMILES string of the molecule is Clc1ccccc1C(N1CCOCC1)N1CCOCC1. The highest BCUT2D eigenvalue weighted by atomic mass is 35.5. The third-order valence-corrected chi connectivity index (χ3v) is 4.31. The van der Waals surface area contributed by atoms with Crippen molar-refractivity contribution in [2.45, 2.75) is 6.17 Å². The lowest BCUT2D eigenvalue weighted by Gasteiger charge is -2.43. The highest BCUT2D eigenvalue weighted by Crippen LogP contribution is 2.31. The molecule has 2 fully saturated rings. The number of hydrogen-bond donors (Lipinski definition) is 0. The fraction of sp³-hybridized carbons (Fsp3) is 0.600. The molecular formula is C15H21ClN2O2. The average molecular weight is 297 g/mol. The van der Waals surface area contributed by atoms with E-state index in [9.17, 15) is 0 Å². The largest absolute Gasteiger partial charge is 0.379 e. The zero-order valence-electron chi connectivity index (χ0n) is 11.6. The molecule has 1 aromatic rings. The van der Waals surface area contributed by atoms with Crippen molar-refractivity contribution < 1.29 is 9.47 Å². The van der Waals surface area contributed by atoms with Crippen LogP contribution in [0.5, 0.6) is 0 Å². The Morgan fingerprint density at radius 2 is 1.35 bits per heavy atom. The standard InChI is InChI=1S/C15H21ClN2O2/c16-14-4-2-1-3-13(14)15(17-5-9-19-10-6-17)18-7-11-20-12-8-18/h1-4,15H,5-12H2. The quantitative estimate of drug-likeness (QED) is 0.852. The number of ether oxygens (including phenoxy) is 2. The lowest BCUT2D eigenvalue weighted by Crippen LogP contribution is -2.50. The molecular weight excluding hydrogens is 276 g/mol. The molecule has 110 valence electrons. The van der Waals surface area contributed by atoms with Crippen LogP contribution in [-0.4, -0.2) is 62.4 Å². The van der Waals surface area contributed by atoms with E-state index in [2.05, 4.69) is 21.9 Å². The molecule has 2 aliphatic heterocycles. The van der Waals surface area contributed by atoms with Crippen LogP contribution in [-0.2, 0) is 9.47 Å². The fourth-order valence-electron chi connectivity index (χ4n) is 2.95. The Morgan fingerprint density at radius 3 is 1.85 bits per heavy atom. The van der Waals surface area contributed by atoms with Crippen LogP contribution >= 0.6 is 11.6 Å². The first-order valence-corrected chi connectivity index (χ1v) is 7.62. The number of benzene rings is 1. The van der Waals surface area contributed by atoms with E-state index < -0.39 is 0 Å². The van der Waals surface area contributed by atoms with E-state index in [4.69, 9.17) is 21.1 Å². The number of halogens is 1. The van der Waals surface area contributed by atoms with Gasteiger partial charge in [-0.25, -0.2) is 0 Å². The van der Waals surface area contributed by atoms with Gasteiger partial charge in [0.05, 0.1) is 32.6 Å². The van der Waals surface area contributed by atoms with Gasteiger partial charge in [-0.3, -0.25) is 9.80 Å². The van der Waals surface area contributed by atoms with Crippen LogP contribution in [0.25, 0.3) is 0 Å². The van der Waals surface area contributed by atoms with E-state index in [-0.39, 0.29) is 6.17 Å². The summed E-state index contributed by atoms with van der Waals surface area (Å²) in [4.78, 5) is 4.94. The van der Waals surface area contributed by atoms with E-state index >= 15 is 0 Å². The molecule has 0 spiro atoms. The Hall–Kier alpha value is -0.650. The molecule has 5 heteroatoms. The molecule has 0 radical (unpaired) electrons. The molecule has 1 aromatic carbocycles. The highest BCUT2D eigenvalue weighted by molar-refractivity contribution is 6.31. The van der Waals surface area contributed by atoms with Gasteiger partial charge in [0.1, 0.15) is 0 Å². The molecule has 20 heavy (non-hydrogen) atoms. The second-order valence-corrected chi connectivity index (χ2v) is 5.60. The molecule has 4 nitrogen and oxygen atoms in total. The number of morpholine rings is 2. The summed E-state index contributed by atoms with van der Waals surface area (Å²) in [5.74, 6) is 0. The van der Waals surface area contributed by atoms with Crippen molar-refractivity contribution in [1.29, 1.82) is 0 Å². The van der Waals surface area contributed by atoms with Crippen LogP contribution < -0.4 is 0 Å². The summed E-state index contributed by atoms with van der Waals surface area (Å²) in [5, 5.41) is 0.843. The molecule has 0 aliphatic carbocycles. The van der Waals surface area contributed by atoms with Crippen molar-refractivity contribution in [3.8, 4) is 0 Å². The molecule has 2 heterocycles. The first-order valence-electron chi connectivity index (χ1n) is 7.24. The van der Waals surface area contributed by atoms with Gasteiger partial charge < -0.3 is 9.47 Å². The molecule has 0 atom stereocenters. The van der Waals surface area contributed by atoms with Crippen LogP contribution in [0.15, 0.2) is 24.3 Å². The van der Waals surface area contributed by atoms with E-state index in [1.807, 2.05) is 12.1 Å². The van der Waals surface area contributed by atoms with Crippen molar-refractivity contribution in [2.24, 2.45) is 0 Å².